The largest absolute Gasteiger partial charge is 0.493 e. The summed E-state index contributed by atoms with van der Waals surface area (Å²) in [5.41, 5.74) is 1.84. The number of anilines is 1. The Bertz CT molecular complexity index is 1060. The second kappa shape index (κ2) is 11.1. The van der Waals surface area contributed by atoms with Crippen LogP contribution in [-0.2, 0) is 23.5 Å². The first kappa shape index (κ1) is 25.2. The number of amides is 1. The molecule has 0 bridgehead atoms. The molecular formula is C23H33FN4O4S. The van der Waals surface area contributed by atoms with E-state index in [1.54, 1.807) is 6.92 Å². The van der Waals surface area contributed by atoms with Crippen molar-refractivity contribution in [1.82, 2.24) is 13.8 Å². The number of carbonyl (C=O) groups excluding carboxylic acids is 1. The number of halogens is 1. The maximum absolute atomic E-state index is 13.3. The maximum Gasteiger partial charge on any atom is 0.259 e. The summed E-state index contributed by atoms with van der Waals surface area (Å²) in [7, 11) is -1.90. The number of aryl methyl sites for hydroxylation is 2. The molecule has 1 amide bonds. The number of sulfonamides is 1. The zero-order chi connectivity index (χ0) is 24.0. The van der Waals surface area contributed by atoms with E-state index in [-0.39, 0.29) is 17.1 Å². The van der Waals surface area contributed by atoms with Crippen LogP contribution >= 0.6 is 0 Å². The van der Waals surface area contributed by atoms with Crippen LogP contribution in [0.25, 0.3) is 0 Å². The summed E-state index contributed by atoms with van der Waals surface area (Å²) >= 11 is 0. The molecule has 1 aliphatic rings. The minimum Gasteiger partial charge on any atom is -0.493 e. The van der Waals surface area contributed by atoms with Crippen LogP contribution in [-0.4, -0.2) is 74.1 Å². The van der Waals surface area contributed by atoms with Crippen molar-refractivity contribution < 1.29 is 22.3 Å². The van der Waals surface area contributed by atoms with Crippen LogP contribution in [0, 0.1) is 0 Å². The highest BCUT2D eigenvalue weighted by molar-refractivity contribution is 7.89. The fourth-order valence-corrected chi connectivity index (χ4v) is 5.43. The fourth-order valence-electron chi connectivity index (χ4n) is 3.98. The van der Waals surface area contributed by atoms with E-state index >= 15 is 0 Å². The molecule has 0 atom stereocenters. The van der Waals surface area contributed by atoms with Crippen LogP contribution in [0.2, 0.25) is 0 Å². The lowest BCUT2D eigenvalue weighted by Gasteiger charge is -2.33. The van der Waals surface area contributed by atoms with Gasteiger partial charge in [0.15, 0.2) is 0 Å². The van der Waals surface area contributed by atoms with Crippen LogP contribution in [0.1, 0.15) is 36.2 Å². The van der Waals surface area contributed by atoms with E-state index in [1.807, 2.05) is 30.9 Å². The van der Waals surface area contributed by atoms with E-state index in [0.29, 0.717) is 57.2 Å². The SMILES string of the molecule is CCOc1ccc(S(=O)(=O)N2CCN(CCCF)CC2)cc1C(=O)Nc1cn(C)cc1CC. The standard InChI is InChI=1S/C23H33FN4O4S/c1-4-18-16-26(3)17-21(18)25-23(29)20-15-19(7-8-22(20)32-5-2)33(30,31)28-13-11-27(12-14-28)10-6-9-24/h7-8,15-17H,4-6,9-14H2,1-3H3,(H,25,29). The molecule has 1 N–H and O–H groups in total. The van der Waals surface area contributed by atoms with Crippen molar-refractivity contribution in [2.75, 3.05) is 51.3 Å². The normalized spacial score (nSPS) is 15.5. The van der Waals surface area contributed by atoms with Gasteiger partial charge < -0.3 is 19.5 Å². The molecular weight excluding hydrogens is 447 g/mol. The number of hydrogen-bond acceptors (Lipinski definition) is 5. The molecule has 0 radical (unpaired) electrons. The van der Waals surface area contributed by atoms with Crippen LogP contribution in [0.15, 0.2) is 35.5 Å². The lowest BCUT2D eigenvalue weighted by Crippen LogP contribution is -2.48. The minimum absolute atomic E-state index is 0.0529. The Morgan fingerprint density at radius 2 is 1.88 bits per heavy atom. The average molecular weight is 481 g/mol. The smallest absolute Gasteiger partial charge is 0.259 e. The van der Waals surface area contributed by atoms with Gasteiger partial charge in [-0.3, -0.25) is 9.18 Å². The monoisotopic (exact) mass is 480 g/mol. The molecule has 0 unspecified atom stereocenters. The fraction of sp³-hybridized carbons (Fsp3) is 0.522. The maximum atomic E-state index is 13.3. The number of hydrogen-bond donors (Lipinski definition) is 1. The molecule has 0 saturated carbocycles. The average Bonchev–Trinajstić information content (AvgIpc) is 3.17. The highest BCUT2D eigenvalue weighted by atomic mass is 32.2. The number of carbonyl (C=O) groups is 1. The number of rotatable bonds is 10. The molecule has 1 saturated heterocycles. The van der Waals surface area contributed by atoms with Crippen molar-refractivity contribution in [3.05, 3.63) is 41.7 Å². The van der Waals surface area contributed by atoms with Crippen molar-refractivity contribution in [2.45, 2.75) is 31.6 Å². The third kappa shape index (κ3) is 5.93. The summed E-state index contributed by atoms with van der Waals surface area (Å²) < 4.78 is 47.9. The Morgan fingerprint density at radius 3 is 2.52 bits per heavy atom. The van der Waals surface area contributed by atoms with Gasteiger partial charge >= 0.3 is 0 Å². The van der Waals surface area contributed by atoms with Gasteiger partial charge in [0.2, 0.25) is 10.0 Å². The van der Waals surface area contributed by atoms with Gasteiger partial charge in [0.1, 0.15) is 5.75 Å². The number of aromatic nitrogens is 1. The number of alkyl halides is 1. The summed E-state index contributed by atoms with van der Waals surface area (Å²) in [6, 6.07) is 4.40. The quantitative estimate of drug-likeness (QED) is 0.565. The highest BCUT2D eigenvalue weighted by Crippen LogP contribution is 2.27. The molecule has 10 heteroatoms. The Balaban J connectivity index is 1.84. The first-order valence-electron chi connectivity index (χ1n) is 11.3. The zero-order valence-corrected chi connectivity index (χ0v) is 20.3. The molecule has 0 spiro atoms. The summed E-state index contributed by atoms with van der Waals surface area (Å²) in [6.45, 7) is 6.16. The third-order valence-electron chi connectivity index (χ3n) is 5.74. The van der Waals surface area contributed by atoms with Crippen molar-refractivity contribution in [2.24, 2.45) is 7.05 Å². The van der Waals surface area contributed by atoms with Gasteiger partial charge in [-0.05, 0) is 43.5 Å². The first-order valence-corrected chi connectivity index (χ1v) is 12.8. The van der Waals surface area contributed by atoms with Crippen LogP contribution in [0.4, 0.5) is 10.1 Å². The number of nitrogens with zero attached hydrogens (tertiary/aromatic N) is 3. The second-order valence-electron chi connectivity index (χ2n) is 8.05. The molecule has 2 heterocycles. The van der Waals surface area contributed by atoms with E-state index in [1.165, 1.54) is 22.5 Å². The number of ether oxygens (including phenoxy) is 1. The lowest BCUT2D eigenvalue weighted by atomic mass is 10.1. The Labute approximate surface area is 195 Å². The van der Waals surface area contributed by atoms with Gasteiger partial charge in [0, 0.05) is 52.2 Å². The third-order valence-corrected chi connectivity index (χ3v) is 7.63. The van der Waals surface area contributed by atoms with Crippen molar-refractivity contribution >= 4 is 21.6 Å². The van der Waals surface area contributed by atoms with Gasteiger partial charge in [-0.25, -0.2) is 8.42 Å². The Hall–Kier alpha value is -2.43. The molecule has 1 fully saturated rings. The van der Waals surface area contributed by atoms with Crippen molar-refractivity contribution in [3.8, 4) is 5.75 Å². The number of nitrogens with one attached hydrogen (secondary N) is 1. The van der Waals surface area contributed by atoms with Crippen molar-refractivity contribution in [3.63, 3.8) is 0 Å². The van der Waals surface area contributed by atoms with Gasteiger partial charge in [0.05, 0.1) is 29.4 Å². The molecule has 1 aliphatic heterocycles. The second-order valence-corrected chi connectivity index (χ2v) is 9.99. The van der Waals surface area contributed by atoms with Crippen LogP contribution < -0.4 is 10.1 Å². The highest BCUT2D eigenvalue weighted by Gasteiger charge is 2.30. The summed E-state index contributed by atoms with van der Waals surface area (Å²) in [5.74, 6) is -0.0913. The summed E-state index contributed by atoms with van der Waals surface area (Å²) in [4.78, 5) is 15.3. The molecule has 1 aromatic heterocycles. The minimum atomic E-state index is -3.78. The summed E-state index contributed by atoms with van der Waals surface area (Å²) in [6.07, 6.45) is 4.96. The van der Waals surface area contributed by atoms with Gasteiger partial charge in [-0.15, -0.1) is 0 Å². The molecule has 8 nitrogen and oxygen atoms in total. The molecule has 182 valence electrons. The predicted molar refractivity (Wildman–Crippen MR) is 126 cm³/mol. The van der Waals surface area contributed by atoms with Crippen molar-refractivity contribution in [1.29, 1.82) is 0 Å². The first-order chi connectivity index (χ1) is 15.8. The number of benzene rings is 1. The molecule has 0 aliphatic carbocycles. The molecule has 3 rings (SSSR count). The van der Waals surface area contributed by atoms with E-state index < -0.39 is 15.9 Å². The Morgan fingerprint density at radius 1 is 1.15 bits per heavy atom. The van der Waals surface area contributed by atoms with Gasteiger partial charge in [-0.1, -0.05) is 6.92 Å². The summed E-state index contributed by atoms with van der Waals surface area (Å²) in [5, 5.41) is 2.90. The predicted octanol–water partition coefficient (Wildman–Crippen LogP) is 2.90. The van der Waals surface area contributed by atoms with E-state index in [4.69, 9.17) is 4.74 Å². The Kier molecular flexibility index (Phi) is 8.50. The topological polar surface area (TPSA) is 83.9 Å². The molecule has 33 heavy (non-hydrogen) atoms. The lowest BCUT2D eigenvalue weighted by molar-refractivity contribution is 0.102. The number of piperazine rings is 1. The van der Waals surface area contributed by atoms with Gasteiger partial charge in [0.25, 0.3) is 5.91 Å². The van der Waals surface area contributed by atoms with Gasteiger partial charge in [-0.2, -0.15) is 4.31 Å². The zero-order valence-electron chi connectivity index (χ0n) is 19.5. The van der Waals surface area contributed by atoms with Crippen LogP contribution in [0.3, 0.4) is 0 Å². The molecule has 1 aromatic carbocycles. The van der Waals surface area contributed by atoms with Crippen LogP contribution in [0.5, 0.6) is 5.75 Å². The molecule has 2 aromatic rings. The van der Waals surface area contributed by atoms with E-state index in [0.717, 1.165) is 12.0 Å². The van der Waals surface area contributed by atoms with E-state index in [9.17, 15) is 17.6 Å². The van der Waals surface area contributed by atoms with E-state index in [2.05, 4.69) is 10.2 Å².